The molecular weight excluding hydrogens is 300 g/mol. The van der Waals surface area contributed by atoms with Crippen LogP contribution in [-0.2, 0) is 0 Å². The summed E-state index contributed by atoms with van der Waals surface area (Å²) in [5, 5.41) is 3.04. The molecule has 0 aliphatic carbocycles. The zero-order valence-electron chi connectivity index (χ0n) is 15.1. The molecule has 2 rings (SSSR count). The largest absolute Gasteiger partial charge is 0.496 e. The first kappa shape index (κ1) is 18.0. The summed E-state index contributed by atoms with van der Waals surface area (Å²) in [5.74, 6) is 0.775. The van der Waals surface area contributed by atoms with E-state index >= 15 is 0 Å². The zero-order valence-corrected chi connectivity index (χ0v) is 15.1. The second kappa shape index (κ2) is 7.97. The number of methoxy groups -OCH3 is 1. The molecule has 24 heavy (non-hydrogen) atoms. The predicted molar refractivity (Wildman–Crippen MR) is 97.7 cm³/mol. The number of benzene rings is 2. The van der Waals surface area contributed by atoms with Crippen molar-refractivity contribution in [2.24, 2.45) is 0 Å². The maximum Gasteiger partial charge on any atom is 0.251 e. The van der Waals surface area contributed by atoms with Crippen molar-refractivity contribution in [2.75, 3.05) is 27.7 Å². The zero-order chi connectivity index (χ0) is 17.7. The summed E-state index contributed by atoms with van der Waals surface area (Å²) >= 11 is 0. The standard InChI is InChI=1S/C20H26N2O2/c1-14-10-11-16(12-15(14)2)20(23)21-13-18(22(3)4)17-8-6-7-9-19(17)24-5/h6-12,18H,13H2,1-5H3,(H,21,23). The Bertz CT molecular complexity index is 711. The molecule has 2 aromatic carbocycles. The number of aryl methyl sites for hydroxylation is 2. The molecule has 0 aliphatic heterocycles. The van der Waals surface area contributed by atoms with Crippen LogP contribution in [0.5, 0.6) is 5.75 Å². The fourth-order valence-corrected chi connectivity index (χ4v) is 2.69. The minimum Gasteiger partial charge on any atom is -0.496 e. The van der Waals surface area contributed by atoms with E-state index < -0.39 is 0 Å². The number of nitrogens with zero attached hydrogens (tertiary/aromatic N) is 1. The second-order valence-electron chi connectivity index (χ2n) is 6.23. The molecule has 1 unspecified atom stereocenters. The van der Waals surface area contributed by atoms with Gasteiger partial charge in [-0.05, 0) is 57.3 Å². The number of rotatable bonds is 6. The monoisotopic (exact) mass is 326 g/mol. The van der Waals surface area contributed by atoms with Crippen LogP contribution in [0.15, 0.2) is 42.5 Å². The van der Waals surface area contributed by atoms with Crippen LogP contribution in [0.1, 0.15) is 33.1 Å². The molecule has 1 amide bonds. The van der Waals surface area contributed by atoms with Crippen LogP contribution >= 0.6 is 0 Å². The number of likely N-dealkylation sites (N-methyl/N-ethyl adjacent to an activating group) is 1. The summed E-state index contributed by atoms with van der Waals surface area (Å²) in [4.78, 5) is 14.5. The van der Waals surface area contributed by atoms with Gasteiger partial charge in [0.25, 0.3) is 5.91 Å². The Morgan fingerprint density at radius 2 is 1.83 bits per heavy atom. The molecule has 0 bridgehead atoms. The highest BCUT2D eigenvalue weighted by Crippen LogP contribution is 2.27. The summed E-state index contributed by atoms with van der Waals surface area (Å²) in [6, 6.07) is 13.7. The lowest BCUT2D eigenvalue weighted by Crippen LogP contribution is -2.34. The summed E-state index contributed by atoms with van der Waals surface area (Å²) < 4.78 is 5.46. The molecule has 128 valence electrons. The molecule has 0 saturated carbocycles. The molecule has 0 aliphatic rings. The van der Waals surface area contributed by atoms with Crippen molar-refractivity contribution in [2.45, 2.75) is 19.9 Å². The minimum atomic E-state index is -0.0557. The SMILES string of the molecule is COc1ccccc1C(CNC(=O)c1ccc(C)c(C)c1)N(C)C. The number of amides is 1. The van der Waals surface area contributed by atoms with Gasteiger partial charge in [0, 0.05) is 17.7 Å². The summed E-state index contributed by atoms with van der Waals surface area (Å²) in [6.07, 6.45) is 0. The van der Waals surface area contributed by atoms with Gasteiger partial charge in [0.15, 0.2) is 0 Å². The van der Waals surface area contributed by atoms with E-state index in [2.05, 4.69) is 10.2 Å². The lowest BCUT2D eigenvalue weighted by atomic mass is 10.0. The third kappa shape index (κ3) is 4.15. The third-order valence-corrected chi connectivity index (χ3v) is 4.35. The van der Waals surface area contributed by atoms with E-state index in [1.807, 2.05) is 70.4 Å². The van der Waals surface area contributed by atoms with Crippen molar-refractivity contribution in [1.29, 1.82) is 0 Å². The van der Waals surface area contributed by atoms with Crippen molar-refractivity contribution in [1.82, 2.24) is 10.2 Å². The normalized spacial score (nSPS) is 12.1. The number of carbonyl (C=O) groups is 1. The van der Waals surface area contributed by atoms with E-state index in [4.69, 9.17) is 4.74 Å². The number of ether oxygens (including phenoxy) is 1. The Hall–Kier alpha value is -2.33. The Morgan fingerprint density at radius 3 is 2.46 bits per heavy atom. The van der Waals surface area contributed by atoms with E-state index in [1.54, 1.807) is 7.11 Å². The van der Waals surface area contributed by atoms with Gasteiger partial charge in [0.05, 0.1) is 13.2 Å². The van der Waals surface area contributed by atoms with Crippen molar-refractivity contribution >= 4 is 5.91 Å². The van der Waals surface area contributed by atoms with Crippen LogP contribution in [0.3, 0.4) is 0 Å². The van der Waals surface area contributed by atoms with E-state index in [1.165, 1.54) is 5.56 Å². The van der Waals surface area contributed by atoms with Crippen LogP contribution in [0.2, 0.25) is 0 Å². The molecule has 0 fully saturated rings. The van der Waals surface area contributed by atoms with Crippen LogP contribution in [0.25, 0.3) is 0 Å². The topological polar surface area (TPSA) is 41.6 Å². The smallest absolute Gasteiger partial charge is 0.251 e. The number of hydrogen-bond donors (Lipinski definition) is 1. The first-order valence-electron chi connectivity index (χ1n) is 8.08. The fraction of sp³-hybridized carbons (Fsp3) is 0.350. The van der Waals surface area contributed by atoms with Crippen molar-refractivity contribution in [3.8, 4) is 5.75 Å². The quantitative estimate of drug-likeness (QED) is 0.885. The highest BCUT2D eigenvalue weighted by atomic mass is 16.5. The molecule has 0 saturated heterocycles. The van der Waals surface area contributed by atoms with E-state index in [0.717, 1.165) is 16.9 Å². The van der Waals surface area contributed by atoms with Gasteiger partial charge in [-0.25, -0.2) is 0 Å². The fourth-order valence-electron chi connectivity index (χ4n) is 2.69. The number of carbonyl (C=O) groups excluding carboxylic acids is 1. The van der Waals surface area contributed by atoms with Crippen molar-refractivity contribution in [3.05, 3.63) is 64.7 Å². The van der Waals surface area contributed by atoms with Crippen LogP contribution in [0.4, 0.5) is 0 Å². The average Bonchev–Trinajstić information content (AvgIpc) is 2.57. The Morgan fingerprint density at radius 1 is 1.12 bits per heavy atom. The third-order valence-electron chi connectivity index (χ3n) is 4.35. The Balaban J connectivity index is 2.14. The van der Waals surface area contributed by atoms with Crippen LogP contribution in [0, 0.1) is 13.8 Å². The van der Waals surface area contributed by atoms with E-state index in [9.17, 15) is 4.79 Å². The predicted octanol–water partition coefficient (Wildman–Crippen LogP) is 3.34. The highest BCUT2D eigenvalue weighted by Gasteiger charge is 2.19. The van der Waals surface area contributed by atoms with Gasteiger partial charge in [0.1, 0.15) is 5.75 Å². The maximum absolute atomic E-state index is 12.5. The van der Waals surface area contributed by atoms with E-state index in [-0.39, 0.29) is 11.9 Å². The first-order valence-corrected chi connectivity index (χ1v) is 8.08. The summed E-state index contributed by atoms with van der Waals surface area (Å²) in [5.41, 5.74) is 4.06. The Kier molecular flexibility index (Phi) is 5.99. The molecule has 0 aromatic heterocycles. The Labute approximate surface area is 144 Å². The lowest BCUT2D eigenvalue weighted by Gasteiger charge is -2.26. The number of hydrogen-bond acceptors (Lipinski definition) is 3. The lowest BCUT2D eigenvalue weighted by molar-refractivity contribution is 0.0941. The molecular formula is C20H26N2O2. The molecule has 1 atom stereocenters. The minimum absolute atomic E-state index is 0.0386. The molecule has 1 N–H and O–H groups in total. The van der Waals surface area contributed by atoms with Crippen molar-refractivity contribution < 1.29 is 9.53 Å². The van der Waals surface area contributed by atoms with Crippen LogP contribution < -0.4 is 10.1 Å². The number of nitrogens with one attached hydrogen (secondary N) is 1. The summed E-state index contributed by atoms with van der Waals surface area (Å²) in [6.45, 7) is 4.57. The van der Waals surface area contributed by atoms with Gasteiger partial charge >= 0.3 is 0 Å². The molecule has 4 nitrogen and oxygen atoms in total. The van der Waals surface area contributed by atoms with Gasteiger partial charge in [-0.15, -0.1) is 0 Å². The molecule has 0 radical (unpaired) electrons. The summed E-state index contributed by atoms with van der Waals surface area (Å²) in [7, 11) is 5.66. The average molecular weight is 326 g/mol. The van der Waals surface area contributed by atoms with Gasteiger partial charge in [-0.3, -0.25) is 4.79 Å². The molecule has 2 aromatic rings. The van der Waals surface area contributed by atoms with Crippen LogP contribution in [-0.4, -0.2) is 38.6 Å². The second-order valence-corrected chi connectivity index (χ2v) is 6.23. The van der Waals surface area contributed by atoms with Gasteiger partial charge in [-0.1, -0.05) is 24.3 Å². The van der Waals surface area contributed by atoms with Gasteiger partial charge < -0.3 is 15.0 Å². The first-order chi connectivity index (χ1) is 11.4. The van der Waals surface area contributed by atoms with Crippen molar-refractivity contribution in [3.63, 3.8) is 0 Å². The van der Waals surface area contributed by atoms with Gasteiger partial charge in [0.2, 0.25) is 0 Å². The molecule has 0 spiro atoms. The number of para-hydroxylation sites is 1. The van der Waals surface area contributed by atoms with Gasteiger partial charge in [-0.2, -0.15) is 0 Å². The molecule has 4 heteroatoms. The van der Waals surface area contributed by atoms with E-state index in [0.29, 0.717) is 12.1 Å². The maximum atomic E-state index is 12.5. The highest BCUT2D eigenvalue weighted by molar-refractivity contribution is 5.94. The molecule has 0 heterocycles.